The molecular formula is C20H21N3O5S. The van der Waals surface area contributed by atoms with E-state index in [1.54, 1.807) is 31.5 Å². The maximum absolute atomic E-state index is 12.9. The van der Waals surface area contributed by atoms with Gasteiger partial charge in [-0.05, 0) is 42.8 Å². The number of rotatable bonds is 4. The molecule has 9 heteroatoms. The van der Waals surface area contributed by atoms with Crippen molar-refractivity contribution >= 4 is 27.5 Å². The van der Waals surface area contributed by atoms with Crippen LogP contribution >= 0.6 is 11.3 Å². The maximum atomic E-state index is 12.9. The van der Waals surface area contributed by atoms with Gasteiger partial charge in [-0.25, -0.2) is 9.78 Å². The molecule has 1 aliphatic rings. The lowest BCUT2D eigenvalue weighted by atomic mass is 9.95. The number of ether oxygens (including phenoxy) is 1. The lowest BCUT2D eigenvalue weighted by molar-refractivity contribution is 0.0761. The van der Waals surface area contributed by atoms with Crippen LogP contribution in [0.4, 0.5) is 0 Å². The van der Waals surface area contributed by atoms with Gasteiger partial charge in [0.1, 0.15) is 21.8 Å². The summed E-state index contributed by atoms with van der Waals surface area (Å²) in [6, 6.07) is 3.53. The van der Waals surface area contributed by atoms with E-state index < -0.39 is 11.5 Å². The smallest absolute Gasteiger partial charge is 0.349 e. The van der Waals surface area contributed by atoms with Crippen LogP contribution < -0.4 is 11.2 Å². The summed E-state index contributed by atoms with van der Waals surface area (Å²) in [5.41, 5.74) is 0.290. The van der Waals surface area contributed by atoms with Gasteiger partial charge >= 0.3 is 5.63 Å². The van der Waals surface area contributed by atoms with E-state index >= 15 is 0 Å². The fraction of sp³-hybridized carbons (Fsp3) is 0.400. The van der Waals surface area contributed by atoms with E-state index in [-0.39, 0.29) is 23.6 Å². The number of amides is 1. The number of aromatic nitrogens is 2. The van der Waals surface area contributed by atoms with Crippen molar-refractivity contribution < 1.29 is 13.9 Å². The van der Waals surface area contributed by atoms with E-state index in [0.29, 0.717) is 40.6 Å². The van der Waals surface area contributed by atoms with Gasteiger partial charge in [-0.2, -0.15) is 0 Å². The van der Waals surface area contributed by atoms with Crippen molar-refractivity contribution in [3.63, 3.8) is 0 Å². The standard InChI is InChI=1S/C20H21N3O5S/c1-11-9-14(12-3-6-27-7-4-12)28-20(26)16(11)19(25)23(2)10-15-21-13-5-8-29-17(13)18(24)22-15/h5,8-9,12H,3-4,6-7,10H2,1-2H3,(H,21,22,24). The van der Waals surface area contributed by atoms with Gasteiger partial charge in [0.2, 0.25) is 0 Å². The topological polar surface area (TPSA) is 106 Å². The molecule has 3 aromatic rings. The third kappa shape index (κ3) is 3.88. The highest BCUT2D eigenvalue weighted by Gasteiger charge is 2.25. The molecule has 1 amide bonds. The number of hydrogen-bond donors (Lipinski definition) is 1. The summed E-state index contributed by atoms with van der Waals surface area (Å²) < 4.78 is 11.4. The maximum Gasteiger partial charge on any atom is 0.349 e. The SMILES string of the molecule is Cc1cc(C2CCOCC2)oc(=O)c1C(=O)N(C)Cc1nc2ccsc2c(=O)[nH]1. The van der Waals surface area contributed by atoms with Gasteiger partial charge in [-0.3, -0.25) is 9.59 Å². The highest BCUT2D eigenvalue weighted by molar-refractivity contribution is 7.17. The predicted octanol–water partition coefficient (Wildman–Crippen LogP) is 2.41. The van der Waals surface area contributed by atoms with Crippen LogP contribution in [0.25, 0.3) is 10.2 Å². The van der Waals surface area contributed by atoms with E-state index in [9.17, 15) is 14.4 Å². The Morgan fingerprint density at radius 3 is 2.83 bits per heavy atom. The first-order valence-corrected chi connectivity index (χ1v) is 10.3. The van der Waals surface area contributed by atoms with E-state index in [1.807, 2.05) is 0 Å². The second-order valence-electron chi connectivity index (χ2n) is 7.19. The number of nitrogens with zero attached hydrogens (tertiary/aromatic N) is 2. The quantitative estimate of drug-likeness (QED) is 0.702. The Bertz CT molecular complexity index is 1170. The minimum absolute atomic E-state index is 0.00210. The number of H-pyrrole nitrogens is 1. The van der Waals surface area contributed by atoms with Crippen molar-refractivity contribution in [2.75, 3.05) is 20.3 Å². The highest BCUT2D eigenvalue weighted by atomic mass is 32.1. The molecule has 1 saturated heterocycles. The van der Waals surface area contributed by atoms with E-state index in [2.05, 4.69) is 9.97 Å². The third-order valence-electron chi connectivity index (χ3n) is 5.10. The van der Waals surface area contributed by atoms with Gasteiger partial charge in [-0.1, -0.05) is 0 Å². The summed E-state index contributed by atoms with van der Waals surface area (Å²) in [7, 11) is 1.56. The first-order valence-electron chi connectivity index (χ1n) is 9.38. The molecule has 0 aromatic carbocycles. The van der Waals surface area contributed by atoms with Gasteiger partial charge in [0, 0.05) is 26.2 Å². The number of nitrogens with one attached hydrogen (secondary N) is 1. The minimum Gasteiger partial charge on any atom is -0.427 e. The summed E-state index contributed by atoms with van der Waals surface area (Å²) in [4.78, 5) is 46.0. The lowest BCUT2D eigenvalue weighted by Gasteiger charge is -2.22. The molecule has 0 bridgehead atoms. The lowest BCUT2D eigenvalue weighted by Crippen LogP contribution is -2.32. The molecule has 152 valence electrons. The third-order valence-corrected chi connectivity index (χ3v) is 6.01. The second kappa shape index (κ2) is 7.92. The van der Waals surface area contributed by atoms with Crippen LogP contribution in [0.5, 0.6) is 0 Å². The van der Waals surface area contributed by atoms with Gasteiger partial charge < -0.3 is 19.0 Å². The van der Waals surface area contributed by atoms with Crippen molar-refractivity contribution in [1.29, 1.82) is 0 Å². The molecule has 0 atom stereocenters. The van der Waals surface area contributed by atoms with Crippen LogP contribution in [0.15, 0.2) is 31.5 Å². The van der Waals surface area contributed by atoms with E-state index in [4.69, 9.17) is 9.15 Å². The Hall–Kier alpha value is -2.78. The van der Waals surface area contributed by atoms with E-state index in [1.165, 1.54) is 16.2 Å². The van der Waals surface area contributed by atoms with Gasteiger partial charge in [0.25, 0.3) is 11.5 Å². The zero-order valence-corrected chi connectivity index (χ0v) is 17.0. The Morgan fingerprint density at radius 1 is 1.34 bits per heavy atom. The molecule has 3 aromatic heterocycles. The Morgan fingerprint density at radius 2 is 2.10 bits per heavy atom. The fourth-order valence-corrected chi connectivity index (χ4v) is 4.28. The first kappa shape index (κ1) is 19.5. The molecule has 0 saturated carbocycles. The molecule has 29 heavy (non-hydrogen) atoms. The molecule has 1 N–H and O–H groups in total. The molecule has 0 unspecified atom stereocenters. The van der Waals surface area contributed by atoms with Crippen LogP contribution in [0.2, 0.25) is 0 Å². The Labute approximate surface area is 170 Å². The number of aromatic amines is 1. The summed E-state index contributed by atoms with van der Waals surface area (Å²) in [5, 5.41) is 1.79. The number of hydrogen-bond acceptors (Lipinski definition) is 7. The predicted molar refractivity (Wildman–Crippen MR) is 109 cm³/mol. The molecule has 1 fully saturated rings. The average molecular weight is 415 g/mol. The van der Waals surface area contributed by atoms with Gasteiger partial charge in [0.15, 0.2) is 0 Å². The summed E-state index contributed by atoms with van der Waals surface area (Å²) in [6.07, 6.45) is 1.58. The number of aryl methyl sites for hydroxylation is 1. The normalized spacial score (nSPS) is 15.0. The van der Waals surface area contributed by atoms with Gasteiger partial charge in [0.05, 0.1) is 12.1 Å². The molecule has 0 spiro atoms. The zero-order chi connectivity index (χ0) is 20.5. The Balaban J connectivity index is 1.57. The molecule has 4 heterocycles. The van der Waals surface area contributed by atoms with Crippen molar-refractivity contribution in [2.45, 2.75) is 32.2 Å². The average Bonchev–Trinajstić information content (AvgIpc) is 3.17. The molecular weight excluding hydrogens is 394 g/mol. The van der Waals surface area contributed by atoms with Crippen molar-refractivity contribution in [3.05, 3.63) is 61.0 Å². The Kier molecular flexibility index (Phi) is 5.33. The highest BCUT2D eigenvalue weighted by Crippen LogP contribution is 2.27. The molecule has 0 radical (unpaired) electrons. The monoisotopic (exact) mass is 415 g/mol. The fourth-order valence-electron chi connectivity index (χ4n) is 3.56. The van der Waals surface area contributed by atoms with Crippen LogP contribution in [0, 0.1) is 6.92 Å². The molecule has 4 rings (SSSR count). The molecule has 0 aliphatic carbocycles. The number of thiophene rings is 1. The summed E-state index contributed by atoms with van der Waals surface area (Å²) in [6.45, 7) is 3.08. The molecule has 1 aliphatic heterocycles. The zero-order valence-electron chi connectivity index (χ0n) is 16.2. The van der Waals surface area contributed by atoms with Crippen molar-refractivity contribution in [3.8, 4) is 0 Å². The van der Waals surface area contributed by atoms with Crippen LogP contribution in [0.1, 0.15) is 46.3 Å². The van der Waals surface area contributed by atoms with Crippen LogP contribution in [-0.2, 0) is 11.3 Å². The number of fused-ring (bicyclic) bond motifs is 1. The van der Waals surface area contributed by atoms with Crippen molar-refractivity contribution in [2.24, 2.45) is 0 Å². The number of carbonyl (C=O) groups excluding carboxylic acids is 1. The van der Waals surface area contributed by atoms with E-state index in [0.717, 1.165) is 12.8 Å². The largest absolute Gasteiger partial charge is 0.427 e. The summed E-state index contributed by atoms with van der Waals surface area (Å²) >= 11 is 1.31. The van der Waals surface area contributed by atoms with Crippen LogP contribution in [-0.4, -0.2) is 41.0 Å². The van der Waals surface area contributed by atoms with Gasteiger partial charge in [-0.15, -0.1) is 11.3 Å². The van der Waals surface area contributed by atoms with Crippen LogP contribution in [0.3, 0.4) is 0 Å². The second-order valence-corrected chi connectivity index (χ2v) is 8.11. The number of carbonyl (C=O) groups is 1. The summed E-state index contributed by atoms with van der Waals surface area (Å²) in [5.74, 6) is 0.619. The first-order chi connectivity index (χ1) is 13.9. The molecule has 8 nitrogen and oxygen atoms in total. The minimum atomic E-state index is -0.641. The van der Waals surface area contributed by atoms with Crippen molar-refractivity contribution in [1.82, 2.24) is 14.9 Å².